The van der Waals surface area contributed by atoms with Crippen molar-refractivity contribution in [3.8, 4) is 6.07 Å². The molecule has 0 spiro atoms. The van der Waals surface area contributed by atoms with Gasteiger partial charge in [-0.3, -0.25) is 4.57 Å². The molecule has 118 valence electrons. The smallest absolute Gasteiger partial charge is 0.289 e. The number of fused-ring (bicyclic) bond motifs is 5. The van der Waals surface area contributed by atoms with E-state index < -0.39 is 13.2 Å². The molecule has 2 aliphatic carbocycles. The van der Waals surface area contributed by atoms with Crippen molar-refractivity contribution in [2.24, 2.45) is 16.7 Å². The van der Waals surface area contributed by atoms with E-state index in [4.69, 9.17) is 4.52 Å². The normalized spacial score (nSPS) is 49.3. The maximum atomic E-state index is 13.5. The van der Waals surface area contributed by atoms with Gasteiger partial charge in [0.15, 0.2) is 0 Å². The lowest BCUT2D eigenvalue weighted by Crippen LogP contribution is -2.44. The molecule has 3 aliphatic rings. The molecule has 6 atom stereocenters. The van der Waals surface area contributed by atoms with Crippen LogP contribution in [0.3, 0.4) is 0 Å². The zero-order valence-electron chi connectivity index (χ0n) is 14.0. The minimum absolute atomic E-state index is 0.00952. The van der Waals surface area contributed by atoms with Gasteiger partial charge < -0.3 is 4.52 Å². The van der Waals surface area contributed by atoms with Gasteiger partial charge in [0.05, 0.1) is 12.2 Å². The molecule has 1 aliphatic heterocycles. The second-order valence-electron chi connectivity index (χ2n) is 8.14. The van der Waals surface area contributed by atoms with Gasteiger partial charge in [0, 0.05) is 17.5 Å². The van der Waals surface area contributed by atoms with Gasteiger partial charge in [0.1, 0.15) is 5.66 Å². The quantitative estimate of drug-likeness (QED) is 0.723. The molecule has 3 rings (SSSR count). The zero-order valence-corrected chi connectivity index (χ0v) is 14.9. The summed E-state index contributed by atoms with van der Waals surface area (Å²) < 4.78 is 21.8. The van der Waals surface area contributed by atoms with Crippen molar-refractivity contribution in [2.75, 3.05) is 0 Å². The Kier molecular flexibility index (Phi) is 3.21. The van der Waals surface area contributed by atoms with Crippen LogP contribution in [0, 0.1) is 28.1 Å². The summed E-state index contributed by atoms with van der Waals surface area (Å²) in [7, 11) is -3.07. The summed E-state index contributed by atoms with van der Waals surface area (Å²) in [6, 6.07) is 2.52. The van der Waals surface area contributed by atoms with E-state index in [2.05, 4.69) is 45.4 Å². The zero-order chi connectivity index (χ0) is 15.8. The number of nitriles is 1. The van der Waals surface area contributed by atoms with E-state index in [0.29, 0.717) is 5.92 Å². The molecule has 5 heteroatoms. The van der Waals surface area contributed by atoms with Crippen LogP contribution in [0.15, 0.2) is 0 Å². The molecule has 3 fully saturated rings. The van der Waals surface area contributed by atoms with Gasteiger partial charge >= 0.3 is 0 Å². The molecule has 1 unspecified atom stereocenters. The first-order chi connectivity index (χ1) is 9.61. The molecule has 0 radical (unpaired) electrons. The third kappa shape index (κ3) is 1.61. The standard InChI is InChI=1S/C16H27N2O2P/c1-10(2)18-13-12-7-8-16(6,15(12,4)5)14(13)20-21(18,19)11(3)9-17/h10-14H,7-8H2,1-6H3/t11-,12+,13+,14+,16-,21?/m0/s1. The van der Waals surface area contributed by atoms with Crippen LogP contribution in [-0.2, 0) is 9.09 Å². The number of hydrogen-bond acceptors (Lipinski definition) is 3. The van der Waals surface area contributed by atoms with E-state index in [1.54, 1.807) is 6.92 Å². The summed E-state index contributed by atoms with van der Waals surface area (Å²) in [6.07, 6.45) is 2.33. The molecule has 1 heterocycles. The highest BCUT2D eigenvalue weighted by atomic mass is 31.2. The third-order valence-electron chi connectivity index (χ3n) is 6.82. The molecule has 0 N–H and O–H groups in total. The highest BCUT2D eigenvalue weighted by Gasteiger charge is 2.74. The fraction of sp³-hybridized carbons (Fsp3) is 0.938. The average molecular weight is 310 g/mol. The second kappa shape index (κ2) is 4.34. The lowest BCUT2D eigenvalue weighted by molar-refractivity contribution is 0.0357. The third-order valence-corrected chi connectivity index (χ3v) is 9.82. The Morgan fingerprint density at radius 3 is 2.48 bits per heavy atom. The topological polar surface area (TPSA) is 53.3 Å². The minimum atomic E-state index is -3.07. The first-order valence-corrected chi connectivity index (χ1v) is 9.72. The van der Waals surface area contributed by atoms with Crippen molar-refractivity contribution in [2.45, 2.75) is 78.2 Å². The number of hydrogen-bond donors (Lipinski definition) is 0. The lowest BCUT2D eigenvalue weighted by atomic mass is 9.70. The van der Waals surface area contributed by atoms with Gasteiger partial charge in [-0.2, -0.15) is 5.26 Å². The Labute approximate surface area is 128 Å². The van der Waals surface area contributed by atoms with Crippen molar-refractivity contribution in [1.29, 1.82) is 5.26 Å². The predicted molar refractivity (Wildman–Crippen MR) is 82.9 cm³/mol. The number of nitrogens with zero attached hydrogens (tertiary/aromatic N) is 2. The molecule has 0 aromatic rings. The van der Waals surface area contributed by atoms with Crippen LogP contribution in [0.2, 0.25) is 0 Å². The Hall–Kier alpha value is -0.360. The summed E-state index contributed by atoms with van der Waals surface area (Å²) in [6.45, 7) is 12.9. The highest BCUT2D eigenvalue weighted by molar-refractivity contribution is 7.57. The number of rotatable bonds is 2. The largest absolute Gasteiger partial charge is 0.311 e. The average Bonchev–Trinajstić information content (AvgIpc) is 2.88. The van der Waals surface area contributed by atoms with E-state index in [9.17, 15) is 9.83 Å². The van der Waals surface area contributed by atoms with Crippen LogP contribution in [0.25, 0.3) is 0 Å². The van der Waals surface area contributed by atoms with Crippen molar-refractivity contribution in [1.82, 2.24) is 4.67 Å². The fourth-order valence-corrected chi connectivity index (χ4v) is 8.01. The van der Waals surface area contributed by atoms with Crippen molar-refractivity contribution in [3.63, 3.8) is 0 Å². The van der Waals surface area contributed by atoms with Crippen LogP contribution in [-0.4, -0.2) is 28.5 Å². The Morgan fingerprint density at radius 1 is 1.33 bits per heavy atom. The monoisotopic (exact) mass is 310 g/mol. The van der Waals surface area contributed by atoms with Crippen LogP contribution >= 0.6 is 7.52 Å². The SMILES string of the molecule is CC(C)N1[C@@H]2[C@H]3CC[C@@](C)([C@@H]2OP1(=O)[C@@H](C)C#N)C3(C)C. The predicted octanol–water partition coefficient (Wildman–Crippen LogP) is 4.03. The first-order valence-electron chi connectivity index (χ1n) is 8.08. The van der Waals surface area contributed by atoms with E-state index in [-0.39, 0.29) is 29.0 Å². The van der Waals surface area contributed by atoms with Crippen LogP contribution in [0.5, 0.6) is 0 Å². The van der Waals surface area contributed by atoms with Crippen LogP contribution < -0.4 is 0 Å². The first kappa shape index (κ1) is 15.5. The van der Waals surface area contributed by atoms with E-state index in [1.807, 2.05) is 0 Å². The highest BCUT2D eigenvalue weighted by Crippen LogP contribution is 2.77. The Balaban J connectivity index is 2.10. The Morgan fingerprint density at radius 2 is 1.95 bits per heavy atom. The van der Waals surface area contributed by atoms with E-state index >= 15 is 0 Å². The molecule has 0 aromatic carbocycles. The molecular weight excluding hydrogens is 283 g/mol. The van der Waals surface area contributed by atoms with Gasteiger partial charge in [-0.05, 0) is 44.9 Å². The fourth-order valence-electron chi connectivity index (χ4n) is 5.19. The molecule has 4 nitrogen and oxygen atoms in total. The van der Waals surface area contributed by atoms with Gasteiger partial charge in [-0.25, -0.2) is 4.67 Å². The minimum Gasteiger partial charge on any atom is -0.311 e. The summed E-state index contributed by atoms with van der Waals surface area (Å²) in [4.78, 5) is 0. The summed E-state index contributed by atoms with van der Waals surface area (Å²) in [5, 5.41) is 9.31. The molecule has 0 amide bonds. The van der Waals surface area contributed by atoms with Crippen LogP contribution in [0.4, 0.5) is 0 Å². The maximum Gasteiger partial charge on any atom is 0.289 e. The van der Waals surface area contributed by atoms with Crippen molar-refractivity contribution in [3.05, 3.63) is 0 Å². The van der Waals surface area contributed by atoms with E-state index in [0.717, 1.165) is 6.42 Å². The maximum absolute atomic E-state index is 13.5. The van der Waals surface area contributed by atoms with Crippen molar-refractivity contribution < 1.29 is 9.09 Å². The summed E-state index contributed by atoms with van der Waals surface area (Å²) in [5.74, 6) is 0.511. The van der Waals surface area contributed by atoms with Gasteiger partial charge in [-0.1, -0.05) is 20.8 Å². The molecular formula is C16H27N2O2P. The van der Waals surface area contributed by atoms with E-state index in [1.165, 1.54) is 6.42 Å². The van der Waals surface area contributed by atoms with Gasteiger partial charge in [0.2, 0.25) is 0 Å². The van der Waals surface area contributed by atoms with Crippen LogP contribution in [0.1, 0.15) is 54.4 Å². The van der Waals surface area contributed by atoms with Crippen molar-refractivity contribution >= 4 is 7.52 Å². The van der Waals surface area contributed by atoms with Gasteiger partial charge in [-0.15, -0.1) is 0 Å². The molecule has 0 aromatic heterocycles. The Bertz CT molecular complexity index is 553. The molecule has 2 bridgehead atoms. The molecule has 2 saturated carbocycles. The summed E-state index contributed by atoms with van der Waals surface area (Å²) in [5.41, 5.74) is -0.287. The van der Waals surface area contributed by atoms with Gasteiger partial charge in [0.25, 0.3) is 7.52 Å². The molecule has 1 saturated heterocycles. The summed E-state index contributed by atoms with van der Waals surface area (Å²) >= 11 is 0. The lowest BCUT2D eigenvalue weighted by Gasteiger charge is -2.39. The molecule has 21 heavy (non-hydrogen) atoms. The second-order valence-corrected chi connectivity index (χ2v) is 10.7.